The van der Waals surface area contributed by atoms with Crippen LogP contribution >= 0.6 is 24.0 Å². The lowest BCUT2D eigenvalue weighted by atomic mass is 9.97. The summed E-state index contributed by atoms with van der Waals surface area (Å²) in [6.45, 7) is 8.15. The largest absolute Gasteiger partial charge is 0.352 e. The molecule has 172 valence electrons. The number of guanidine groups is 1. The molecule has 1 atom stereocenters. The minimum absolute atomic E-state index is 0. The van der Waals surface area contributed by atoms with E-state index in [-0.39, 0.29) is 47.5 Å². The molecule has 3 rings (SSSR count). The van der Waals surface area contributed by atoms with E-state index < -0.39 is 11.6 Å². The molecule has 1 fully saturated rings. The van der Waals surface area contributed by atoms with Crippen molar-refractivity contribution in [3.63, 3.8) is 0 Å². The Morgan fingerprint density at radius 3 is 2.61 bits per heavy atom. The lowest BCUT2D eigenvalue weighted by Crippen LogP contribution is -2.50. The summed E-state index contributed by atoms with van der Waals surface area (Å²) >= 11 is 0. The first-order valence-electron chi connectivity index (χ1n) is 10.2. The molecule has 1 unspecified atom stereocenters. The predicted molar refractivity (Wildman–Crippen MR) is 126 cm³/mol. The van der Waals surface area contributed by atoms with E-state index in [1.54, 1.807) is 7.05 Å². The van der Waals surface area contributed by atoms with Gasteiger partial charge in [0.15, 0.2) is 11.8 Å². The van der Waals surface area contributed by atoms with Crippen molar-refractivity contribution < 1.29 is 13.3 Å². The average Bonchev–Trinajstić information content (AvgIpc) is 3.18. The van der Waals surface area contributed by atoms with Crippen LogP contribution in [0, 0.1) is 11.6 Å². The SMILES string of the molecule is CN=C(NCc1noc(C(C)(C)C)n1)NC1CCCN(Cc2c(F)cccc2F)C1.I. The van der Waals surface area contributed by atoms with Gasteiger partial charge in [0.2, 0.25) is 5.89 Å². The Morgan fingerprint density at radius 1 is 1.29 bits per heavy atom. The molecule has 1 aliphatic heterocycles. The zero-order valence-corrected chi connectivity index (χ0v) is 20.7. The molecule has 1 aromatic heterocycles. The van der Waals surface area contributed by atoms with Crippen molar-refractivity contribution in [2.45, 2.75) is 58.2 Å². The van der Waals surface area contributed by atoms with Gasteiger partial charge in [-0.2, -0.15) is 4.98 Å². The number of piperidine rings is 1. The van der Waals surface area contributed by atoms with Crippen LogP contribution in [0.3, 0.4) is 0 Å². The number of hydrogen-bond acceptors (Lipinski definition) is 5. The number of aliphatic imine (C=N–C) groups is 1. The van der Waals surface area contributed by atoms with E-state index in [0.29, 0.717) is 30.8 Å². The topological polar surface area (TPSA) is 78.6 Å². The van der Waals surface area contributed by atoms with Crippen LogP contribution < -0.4 is 10.6 Å². The Hall–Kier alpha value is -1.82. The third-order valence-corrected chi connectivity index (χ3v) is 5.04. The van der Waals surface area contributed by atoms with Crippen LogP contribution in [0.15, 0.2) is 27.7 Å². The molecular formula is C21H31F2IN6O. The molecule has 0 radical (unpaired) electrons. The zero-order chi connectivity index (χ0) is 21.7. The summed E-state index contributed by atoms with van der Waals surface area (Å²) in [5, 5.41) is 10.6. The van der Waals surface area contributed by atoms with Crippen molar-refractivity contribution in [2.75, 3.05) is 20.1 Å². The second-order valence-electron chi connectivity index (χ2n) is 8.61. The van der Waals surface area contributed by atoms with Crippen molar-refractivity contribution in [1.29, 1.82) is 0 Å². The first kappa shape index (κ1) is 25.4. The number of nitrogens with zero attached hydrogens (tertiary/aromatic N) is 4. The fourth-order valence-electron chi connectivity index (χ4n) is 3.41. The van der Waals surface area contributed by atoms with E-state index >= 15 is 0 Å². The molecule has 0 bridgehead atoms. The van der Waals surface area contributed by atoms with Crippen LogP contribution in [0.25, 0.3) is 0 Å². The lowest BCUT2D eigenvalue weighted by molar-refractivity contribution is 0.188. The number of hydrogen-bond donors (Lipinski definition) is 2. The minimum Gasteiger partial charge on any atom is -0.352 e. The van der Waals surface area contributed by atoms with E-state index in [0.717, 1.165) is 19.4 Å². The summed E-state index contributed by atoms with van der Waals surface area (Å²) in [6, 6.07) is 4.10. The minimum atomic E-state index is -0.503. The maximum Gasteiger partial charge on any atom is 0.232 e. The second-order valence-corrected chi connectivity index (χ2v) is 8.61. The van der Waals surface area contributed by atoms with E-state index in [1.165, 1.54) is 18.2 Å². The Bertz CT molecular complexity index is 863. The summed E-state index contributed by atoms with van der Waals surface area (Å²) in [6.07, 6.45) is 1.89. The maximum absolute atomic E-state index is 14.0. The summed E-state index contributed by atoms with van der Waals surface area (Å²) in [4.78, 5) is 10.7. The lowest BCUT2D eigenvalue weighted by Gasteiger charge is -2.34. The van der Waals surface area contributed by atoms with Crippen molar-refractivity contribution in [2.24, 2.45) is 4.99 Å². The third kappa shape index (κ3) is 7.09. The molecule has 1 aliphatic rings. The molecule has 7 nitrogen and oxygen atoms in total. The highest BCUT2D eigenvalue weighted by Crippen LogP contribution is 2.20. The van der Waals surface area contributed by atoms with Crippen molar-refractivity contribution in [3.8, 4) is 0 Å². The van der Waals surface area contributed by atoms with Gasteiger partial charge in [0.25, 0.3) is 0 Å². The van der Waals surface area contributed by atoms with Gasteiger partial charge in [-0.25, -0.2) is 8.78 Å². The van der Waals surface area contributed by atoms with Gasteiger partial charge in [0, 0.05) is 37.2 Å². The Labute approximate surface area is 199 Å². The summed E-state index contributed by atoms with van der Waals surface area (Å²) in [5.41, 5.74) is -0.0820. The van der Waals surface area contributed by atoms with Crippen molar-refractivity contribution in [3.05, 3.63) is 47.1 Å². The smallest absolute Gasteiger partial charge is 0.232 e. The van der Waals surface area contributed by atoms with Gasteiger partial charge in [0.1, 0.15) is 11.6 Å². The number of benzene rings is 1. The number of likely N-dealkylation sites (tertiary alicyclic amines) is 1. The monoisotopic (exact) mass is 548 g/mol. The van der Waals surface area contributed by atoms with Gasteiger partial charge < -0.3 is 15.2 Å². The zero-order valence-electron chi connectivity index (χ0n) is 18.4. The van der Waals surface area contributed by atoms with E-state index in [9.17, 15) is 8.78 Å². The average molecular weight is 548 g/mol. The van der Waals surface area contributed by atoms with Gasteiger partial charge in [-0.3, -0.25) is 9.89 Å². The molecule has 2 aromatic rings. The van der Waals surface area contributed by atoms with Gasteiger partial charge >= 0.3 is 0 Å². The highest BCUT2D eigenvalue weighted by atomic mass is 127. The summed E-state index contributed by atoms with van der Waals surface area (Å²) in [7, 11) is 1.70. The van der Waals surface area contributed by atoms with E-state index in [4.69, 9.17) is 4.52 Å². The molecule has 0 saturated carbocycles. The predicted octanol–water partition coefficient (Wildman–Crippen LogP) is 3.59. The first-order chi connectivity index (χ1) is 14.3. The fourth-order valence-corrected chi connectivity index (χ4v) is 3.41. The molecule has 0 aliphatic carbocycles. The fraction of sp³-hybridized carbons (Fsp3) is 0.571. The summed E-state index contributed by atoms with van der Waals surface area (Å²) < 4.78 is 33.3. The van der Waals surface area contributed by atoms with Gasteiger partial charge in [0.05, 0.1) is 6.54 Å². The van der Waals surface area contributed by atoms with Crippen LogP contribution in [0.1, 0.15) is 50.9 Å². The molecule has 1 aromatic carbocycles. The van der Waals surface area contributed by atoms with Crippen LogP contribution in [0.2, 0.25) is 0 Å². The standard InChI is InChI=1S/C21H30F2N6O.HI/c1-21(2,3)19-27-18(28-30-19)11-25-20(24-4)26-14-7-6-10-29(12-14)13-15-16(22)8-5-9-17(15)23;/h5,8-9,14H,6-7,10-13H2,1-4H3,(H2,24,25,26);1H. The highest BCUT2D eigenvalue weighted by molar-refractivity contribution is 14.0. The normalized spacial score (nSPS) is 17.9. The molecule has 0 spiro atoms. The molecule has 0 amide bonds. The van der Waals surface area contributed by atoms with E-state index in [1.807, 2.05) is 20.8 Å². The van der Waals surface area contributed by atoms with Gasteiger partial charge in [-0.05, 0) is 31.5 Å². The quantitative estimate of drug-likeness (QED) is 0.338. The number of rotatable bonds is 5. The van der Waals surface area contributed by atoms with Gasteiger partial charge in [-0.15, -0.1) is 24.0 Å². The molecule has 10 heteroatoms. The van der Waals surface area contributed by atoms with Crippen LogP contribution in [-0.2, 0) is 18.5 Å². The van der Waals surface area contributed by atoms with Crippen molar-refractivity contribution in [1.82, 2.24) is 25.7 Å². The molecule has 31 heavy (non-hydrogen) atoms. The Balaban J connectivity index is 0.00000341. The maximum atomic E-state index is 14.0. The molecular weight excluding hydrogens is 517 g/mol. The van der Waals surface area contributed by atoms with E-state index in [2.05, 4.69) is 30.7 Å². The van der Waals surface area contributed by atoms with Crippen LogP contribution in [0.4, 0.5) is 8.78 Å². The third-order valence-electron chi connectivity index (χ3n) is 5.04. The number of halogens is 3. The first-order valence-corrected chi connectivity index (χ1v) is 10.2. The van der Waals surface area contributed by atoms with Crippen LogP contribution in [-0.4, -0.2) is 47.2 Å². The molecule has 2 N–H and O–H groups in total. The van der Waals surface area contributed by atoms with Crippen molar-refractivity contribution >= 4 is 29.9 Å². The Kier molecular flexibility index (Phi) is 9.16. The van der Waals surface area contributed by atoms with Gasteiger partial charge in [-0.1, -0.05) is 32.0 Å². The number of aromatic nitrogens is 2. The number of nitrogens with one attached hydrogen (secondary N) is 2. The molecule has 2 heterocycles. The Morgan fingerprint density at radius 2 is 2.00 bits per heavy atom. The summed E-state index contributed by atoms with van der Waals surface area (Å²) in [5.74, 6) is 0.768. The van der Waals surface area contributed by atoms with Crippen LogP contribution in [0.5, 0.6) is 0 Å². The second kappa shape index (κ2) is 11.2. The molecule has 1 saturated heterocycles. The highest BCUT2D eigenvalue weighted by Gasteiger charge is 2.24.